The van der Waals surface area contributed by atoms with Gasteiger partial charge in [-0.1, -0.05) is 30.7 Å². The summed E-state index contributed by atoms with van der Waals surface area (Å²) in [6.45, 7) is 3.70. The summed E-state index contributed by atoms with van der Waals surface area (Å²) in [6, 6.07) is 10.6. The van der Waals surface area contributed by atoms with E-state index in [1.54, 1.807) is 37.3 Å². The Hall–Kier alpha value is -3.33. The average molecular weight is 451 g/mol. The number of carboxylic acids is 1. The van der Waals surface area contributed by atoms with Crippen molar-refractivity contribution >= 4 is 35.2 Å². The molecule has 0 fully saturated rings. The predicted octanol–water partition coefficient (Wildman–Crippen LogP) is 3.87. The topological polar surface area (TPSA) is 112 Å². The Kier molecular flexibility index (Phi) is 9.08. The van der Waals surface area contributed by atoms with Crippen molar-refractivity contribution < 1.29 is 23.8 Å². The Bertz CT molecular complexity index is 937. The lowest BCUT2D eigenvalue weighted by molar-refractivity contribution is -0.140. The maximum Gasteiger partial charge on any atom is 0.321 e. The minimum absolute atomic E-state index is 0.0546. The maximum atomic E-state index is 14.2. The van der Waals surface area contributed by atoms with Crippen LogP contribution in [0.4, 0.5) is 14.9 Å². The number of carbonyl (C=O) groups excluding carboxylic acids is 1. The van der Waals surface area contributed by atoms with Gasteiger partial charge in [0.15, 0.2) is 11.6 Å². The van der Waals surface area contributed by atoms with Crippen molar-refractivity contribution in [1.29, 1.82) is 0 Å². The average Bonchev–Trinajstić information content (AvgIpc) is 2.73. The third kappa shape index (κ3) is 8.13. The number of rotatable bonds is 8. The van der Waals surface area contributed by atoms with Crippen LogP contribution in [-0.4, -0.2) is 36.2 Å². The van der Waals surface area contributed by atoms with Gasteiger partial charge in [0.2, 0.25) is 5.96 Å². The van der Waals surface area contributed by atoms with E-state index in [2.05, 4.69) is 20.9 Å². The fourth-order valence-electron chi connectivity index (χ4n) is 2.34. The zero-order chi connectivity index (χ0) is 22.8. The molecule has 0 saturated carbocycles. The van der Waals surface area contributed by atoms with Gasteiger partial charge in [0.1, 0.15) is 0 Å². The highest BCUT2D eigenvalue weighted by Crippen LogP contribution is 2.21. The van der Waals surface area contributed by atoms with Crippen molar-refractivity contribution in [1.82, 2.24) is 10.6 Å². The second-order valence-corrected chi connectivity index (χ2v) is 7.01. The number of carbonyl (C=O) groups is 2. The number of hydrogen-bond donors (Lipinski definition) is 4. The number of nitrogens with one attached hydrogen (secondary N) is 3. The molecule has 166 valence electrons. The van der Waals surface area contributed by atoms with Gasteiger partial charge in [0.25, 0.3) is 0 Å². The highest BCUT2D eigenvalue weighted by atomic mass is 35.5. The van der Waals surface area contributed by atoms with E-state index >= 15 is 0 Å². The van der Waals surface area contributed by atoms with Gasteiger partial charge in [-0.15, -0.1) is 0 Å². The molecule has 0 aliphatic heterocycles. The van der Waals surface area contributed by atoms with E-state index in [9.17, 15) is 14.0 Å². The number of urea groups is 1. The molecule has 2 aromatic carbocycles. The van der Waals surface area contributed by atoms with Gasteiger partial charge in [-0.3, -0.25) is 10.1 Å². The van der Waals surface area contributed by atoms with Crippen LogP contribution in [0.1, 0.15) is 19.4 Å². The molecule has 2 rings (SSSR count). The first-order valence-corrected chi connectivity index (χ1v) is 9.92. The molecule has 0 aliphatic carbocycles. The third-order valence-electron chi connectivity index (χ3n) is 4.05. The zero-order valence-electron chi connectivity index (χ0n) is 17.1. The Morgan fingerprint density at radius 2 is 1.94 bits per heavy atom. The minimum Gasteiger partial charge on any atom is -0.491 e. The Labute approximate surface area is 184 Å². The number of amides is 2. The SMILES string of the molecule is CCOc1ccc(NC(=NCc2ccc(Cl)cc2)NC(=O)NC[C@H](C)C(=O)O)cc1F. The second-order valence-electron chi connectivity index (χ2n) is 6.57. The lowest BCUT2D eigenvalue weighted by Gasteiger charge is -2.14. The standard InChI is InChI=1S/C21H24ClFN4O4/c1-3-31-18-9-8-16(10-17(18)23)26-20(24-12-14-4-6-15(22)7-5-14)27-21(30)25-11-13(2)19(28)29/h4-10,13H,3,11-12H2,1-2H3,(H,28,29)(H3,24,25,26,27,30)/t13-/m0/s1. The fourth-order valence-corrected chi connectivity index (χ4v) is 2.47. The summed E-state index contributed by atoms with van der Waals surface area (Å²) >= 11 is 5.88. The molecule has 8 nitrogen and oxygen atoms in total. The first-order chi connectivity index (χ1) is 14.8. The predicted molar refractivity (Wildman–Crippen MR) is 117 cm³/mol. The number of benzene rings is 2. The van der Waals surface area contributed by atoms with E-state index in [1.165, 1.54) is 19.1 Å². The Balaban J connectivity index is 2.13. The van der Waals surface area contributed by atoms with Gasteiger partial charge in [-0.25, -0.2) is 14.2 Å². The van der Waals surface area contributed by atoms with Gasteiger partial charge in [-0.2, -0.15) is 0 Å². The summed E-state index contributed by atoms with van der Waals surface area (Å²) < 4.78 is 19.3. The van der Waals surface area contributed by atoms with Crippen LogP contribution in [-0.2, 0) is 11.3 Å². The van der Waals surface area contributed by atoms with Crippen LogP contribution >= 0.6 is 11.6 Å². The first-order valence-electron chi connectivity index (χ1n) is 9.54. The molecule has 0 radical (unpaired) electrons. The van der Waals surface area contributed by atoms with Crippen LogP contribution in [0, 0.1) is 11.7 Å². The fraction of sp³-hybridized carbons (Fsp3) is 0.286. The lowest BCUT2D eigenvalue weighted by Crippen LogP contribution is -2.44. The minimum atomic E-state index is -1.03. The Morgan fingerprint density at radius 1 is 1.23 bits per heavy atom. The number of aliphatic carboxylic acids is 1. The summed E-state index contributed by atoms with van der Waals surface area (Å²) in [5.74, 6) is -2.18. The molecule has 10 heteroatoms. The normalized spacial score (nSPS) is 12.1. The molecular formula is C21H24ClFN4O4. The molecule has 2 aromatic rings. The summed E-state index contributed by atoms with van der Waals surface area (Å²) in [6.07, 6.45) is 0. The summed E-state index contributed by atoms with van der Waals surface area (Å²) in [4.78, 5) is 27.4. The quantitative estimate of drug-likeness (QED) is 0.360. The molecule has 0 saturated heterocycles. The second kappa shape index (κ2) is 11.8. The lowest BCUT2D eigenvalue weighted by atomic mass is 10.2. The Morgan fingerprint density at radius 3 is 2.55 bits per heavy atom. The van der Waals surface area contributed by atoms with E-state index in [4.69, 9.17) is 21.4 Å². The van der Waals surface area contributed by atoms with Crippen molar-refractivity contribution in [2.75, 3.05) is 18.5 Å². The molecule has 1 atom stereocenters. The molecule has 0 unspecified atom stereocenters. The van der Waals surface area contributed by atoms with Gasteiger partial charge in [0, 0.05) is 23.3 Å². The van der Waals surface area contributed by atoms with Crippen LogP contribution in [0.5, 0.6) is 5.75 Å². The molecule has 31 heavy (non-hydrogen) atoms. The maximum absolute atomic E-state index is 14.2. The number of anilines is 1. The number of ether oxygens (including phenoxy) is 1. The molecule has 4 N–H and O–H groups in total. The van der Waals surface area contributed by atoms with E-state index in [-0.39, 0.29) is 24.8 Å². The largest absolute Gasteiger partial charge is 0.491 e. The highest BCUT2D eigenvalue weighted by molar-refractivity contribution is 6.30. The van der Waals surface area contributed by atoms with Crippen molar-refractivity contribution in [2.45, 2.75) is 20.4 Å². The van der Waals surface area contributed by atoms with Gasteiger partial charge < -0.3 is 20.5 Å². The monoisotopic (exact) mass is 450 g/mol. The summed E-state index contributed by atoms with van der Waals surface area (Å²) in [5.41, 5.74) is 1.18. The molecule has 2 amide bonds. The molecule has 0 aliphatic rings. The molecule has 0 aromatic heterocycles. The van der Waals surface area contributed by atoms with Crippen molar-refractivity contribution in [3.8, 4) is 5.75 Å². The van der Waals surface area contributed by atoms with E-state index in [0.717, 1.165) is 5.56 Å². The van der Waals surface area contributed by atoms with Crippen molar-refractivity contribution in [3.05, 3.63) is 58.9 Å². The highest BCUT2D eigenvalue weighted by Gasteiger charge is 2.14. The van der Waals surface area contributed by atoms with Crippen LogP contribution in [0.3, 0.4) is 0 Å². The van der Waals surface area contributed by atoms with E-state index in [0.29, 0.717) is 17.3 Å². The van der Waals surface area contributed by atoms with Crippen LogP contribution in [0.15, 0.2) is 47.5 Å². The number of carboxylic acid groups (broad SMARTS) is 1. The zero-order valence-corrected chi connectivity index (χ0v) is 17.9. The molecular weight excluding hydrogens is 427 g/mol. The smallest absolute Gasteiger partial charge is 0.321 e. The molecule has 0 bridgehead atoms. The van der Waals surface area contributed by atoms with Crippen LogP contribution in [0.2, 0.25) is 5.02 Å². The molecule has 0 spiro atoms. The van der Waals surface area contributed by atoms with Crippen LogP contribution in [0.25, 0.3) is 0 Å². The first kappa shape index (κ1) is 23.9. The van der Waals surface area contributed by atoms with Crippen molar-refractivity contribution in [2.24, 2.45) is 10.9 Å². The third-order valence-corrected chi connectivity index (χ3v) is 4.30. The number of guanidine groups is 1. The summed E-state index contributed by atoms with van der Waals surface area (Å²) in [7, 11) is 0. The van der Waals surface area contributed by atoms with Crippen LogP contribution < -0.4 is 20.7 Å². The number of hydrogen-bond acceptors (Lipinski definition) is 4. The van der Waals surface area contributed by atoms with E-state index in [1.807, 2.05) is 0 Å². The number of halogens is 2. The van der Waals surface area contributed by atoms with E-state index < -0.39 is 23.7 Å². The van der Waals surface area contributed by atoms with Gasteiger partial charge in [-0.05, 0) is 36.8 Å². The van der Waals surface area contributed by atoms with Gasteiger partial charge >= 0.3 is 12.0 Å². The van der Waals surface area contributed by atoms with Crippen molar-refractivity contribution in [3.63, 3.8) is 0 Å². The molecule has 0 heterocycles. The summed E-state index contributed by atoms with van der Waals surface area (Å²) in [5, 5.41) is 17.3. The van der Waals surface area contributed by atoms with Gasteiger partial charge in [0.05, 0.1) is 19.1 Å². The number of aliphatic imine (C=N–C) groups is 1. The number of nitrogens with zero attached hydrogens (tertiary/aromatic N) is 1.